The Hall–Kier alpha value is -1.07. The molecule has 0 spiro atoms. The fraction of sp³-hybridized carbons (Fsp3) is 0.600. The van der Waals surface area contributed by atoms with E-state index in [1.165, 1.54) is 6.07 Å². The standard InChI is InChI=1S/C15H18F3NO/c16-15(17,18)14-5-4-11-2-1-3-12(11)13(14)10-19-6-8-20-9-7-19/h4-5H,1-3,6-10H2. The van der Waals surface area contributed by atoms with Crippen molar-refractivity contribution in [1.29, 1.82) is 0 Å². The lowest BCUT2D eigenvalue weighted by Crippen LogP contribution is -2.36. The van der Waals surface area contributed by atoms with Crippen LogP contribution in [0.2, 0.25) is 0 Å². The van der Waals surface area contributed by atoms with E-state index in [4.69, 9.17) is 4.74 Å². The zero-order valence-corrected chi connectivity index (χ0v) is 11.3. The zero-order chi connectivity index (χ0) is 14.2. The average molecular weight is 285 g/mol. The molecule has 1 aromatic rings. The van der Waals surface area contributed by atoms with Crippen molar-refractivity contribution in [1.82, 2.24) is 4.90 Å². The highest BCUT2D eigenvalue weighted by Crippen LogP contribution is 2.37. The number of alkyl halides is 3. The van der Waals surface area contributed by atoms with E-state index in [0.29, 0.717) is 38.4 Å². The van der Waals surface area contributed by atoms with Gasteiger partial charge in [0, 0.05) is 19.6 Å². The molecule has 1 aliphatic carbocycles. The van der Waals surface area contributed by atoms with E-state index in [1.54, 1.807) is 6.07 Å². The van der Waals surface area contributed by atoms with Crippen LogP contribution in [0.15, 0.2) is 12.1 Å². The first-order valence-electron chi connectivity index (χ1n) is 7.06. The number of morpholine rings is 1. The van der Waals surface area contributed by atoms with Crippen molar-refractivity contribution in [2.45, 2.75) is 32.0 Å². The summed E-state index contributed by atoms with van der Waals surface area (Å²) in [7, 11) is 0. The summed E-state index contributed by atoms with van der Waals surface area (Å²) in [5.41, 5.74) is 2.08. The van der Waals surface area contributed by atoms with Crippen molar-refractivity contribution in [3.63, 3.8) is 0 Å². The van der Waals surface area contributed by atoms with Crippen LogP contribution in [-0.4, -0.2) is 31.2 Å². The Bertz CT molecular complexity index is 493. The second-order valence-electron chi connectivity index (χ2n) is 5.47. The third-order valence-corrected chi connectivity index (χ3v) is 4.19. The molecule has 110 valence electrons. The van der Waals surface area contributed by atoms with Crippen LogP contribution < -0.4 is 0 Å². The molecule has 5 heteroatoms. The molecular formula is C15H18F3NO. The highest BCUT2D eigenvalue weighted by atomic mass is 19.4. The van der Waals surface area contributed by atoms with E-state index in [2.05, 4.69) is 4.90 Å². The molecule has 0 radical (unpaired) electrons. The number of aryl methyl sites for hydroxylation is 1. The molecule has 1 aromatic carbocycles. The van der Waals surface area contributed by atoms with Gasteiger partial charge < -0.3 is 4.74 Å². The smallest absolute Gasteiger partial charge is 0.379 e. The number of rotatable bonds is 2. The van der Waals surface area contributed by atoms with Gasteiger partial charge in [0.05, 0.1) is 18.8 Å². The minimum Gasteiger partial charge on any atom is -0.379 e. The summed E-state index contributed by atoms with van der Waals surface area (Å²) >= 11 is 0. The highest BCUT2D eigenvalue weighted by Gasteiger charge is 2.36. The number of fused-ring (bicyclic) bond motifs is 1. The fourth-order valence-electron chi connectivity index (χ4n) is 3.17. The van der Waals surface area contributed by atoms with Gasteiger partial charge in [0.2, 0.25) is 0 Å². The van der Waals surface area contributed by atoms with Crippen LogP contribution in [0.4, 0.5) is 13.2 Å². The first-order valence-corrected chi connectivity index (χ1v) is 7.06. The van der Waals surface area contributed by atoms with Gasteiger partial charge in [0.1, 0.15) is 0 Å². The van der Waals surface area contributed by atoms with Crippen LogP contribution in [-0.2, 0) is 30.3 Å². The number of hydrogen-bond acceptors (Lipinski definition) is 2. The van der Waals surface area contributed by atoms with Gasteiger partial charge >= 0.3 is 6.18 Å². The Morgan fingerprint density at radius 2 is 1.85 bits per heavy atom. The Morgan fingerprint density at radius 3 is 2.55 bits per heavy atom. The molecule has 20 heavy (non-hydrogen) atoms. The van der Waals surface area contributed by atoms with Crippen LogP contribution >= 0.6 is 0 Å². The van der Waals surface area contributed by atoms with E-state index in [1.807, 2.05) is 0 Å². The third-order valence-electron chi connectivity index (χ3n) is 4.19. The molecule has 3 rings (SSSR count). The van der Waals surface area contributed by atoms with Crippen molar-refractivity contribution >= 4 is 0 Å². The lowest BCUT2D eigenvalue weighted by Gasteiger charge is -2.29. The van der Waals surface area contributed by atoms with Crippen molar-refractivity contribution in [2.24, 2.45) is 0 Å². The van der Waals surface area contributed by atoms with E-state index < -0.39 is 11.7 Å². The molecule has 1 aliphatic heterocycles. The molecule has 0 unspecified atom stereocenters. The number of nitrogens with zero attached hydrogens (tertiary/aromatic N) is 1. The van der Waals surface area contributed by atoms with Gasteiger partial charge in [-0.2, -0.15) is 13.2 Å². The monoisotopic (exact) mass is 285 g/mol. The molecule has 1 fully saturated rings. The quantitative estimate of drug-likeness (QED) is 0.828. The van der Waals surface area contributed by atoms with Gasteiger partial charge in [-0.1, -0.05) is 6.07 Å². The minimum absolute atomic E-state index is 0.390. The van der Waals surface area contributed by atoms with Gasteiger partial charge in [0.15, 0.2) is 0 Å². The number of hydrogen-bond donors (Lipinski definition) is 0. The first-order chi connectivity index (χ1) is 9.55. The molecule has 2 aliphatic rings. The van der Waals surface area contributed by atoms with Crippen molar-refractivity contribution in [3.8, 4) is 0 Å². The van der Waals surface area contributed by atoms with Crippen LogP contribution in [0.3, 0.4) is 0 Å². The predicted octanol–water partition coefficient (Wildman–Crippen LogP) is 3.03. The molecule has 0 atom stereocenters. The maximum Gasteiger partial charge on any atom is 0.416 e. The lowest BCUT2D eigenvalue weighted by molar-refractivity contribution is -0.138. The third kappa shape index (κ3) is 2.69. The Kier molecular flexibility index (Phi) is 3.73. The maximum absolute atomic E-state index is 13.2. The molecule has 2 nitrogen and oxygen atoms in total. The molecule has 0 amide bonds. The maximum atomic E-state index is 13.2. The van der Waals surface area contributed by atoms with Crippen molar-refractivity contribution < 1.29 is 17.9 Å². The molecule has 1 heterocycles. The largest absolute Gasteiger partial charge is 0.416 e. The second kappa shape index (κ2) is 5.37. The van der Waals surface area contributed by atoms with Crippen LogP contribution in [0.1, 0.15) is 28.7 Å². The Balaban J connectivity index is 1.95. The van der Waals surface area contributed by atoms with Crippen LogP contribution in [0.5, 0.6) is 0 Å². The molecule has 0 N–H and O–H groups in total. The SMILES string of the molecule is FC(F)(F)c1ccc2c(c1CN1CCOCC1)CCC2. The summed E-state index contributed by atoms with van der Waals surface area (Å²) in [5, 5.41) is 0. The predicted molar refractivity (Wildman–Crippen MR) is 69.6 cm³/mol. The van der Waals surface area contributed by atoms with E-state index >= 15 is 0 Å². The number of ether oxygens (including phenoxy) is 1. The first kappa shape index (κ1) is 13.9. The van der Waals surface area contributed by atoms with Gasteiger partial charge in [-0.15, -0.1) is 0 Å². The zero-order valence-electron chi connectivity index (χ0n) is 11.3. The highest BCUT2D eigenvalue weighted by molar-refractivity contribution is 5.45. The van der Waals surface area contributed by atoms with Crippen molar-refractivity contribution in [3.05, 3.63) is 34.4 Å². The van der Waals surface area contributed by atoms with Crippen LogP contribution in [0, 0.1) is 0 Å². The molecule has 0 aromatic heterocycles. The van der Waals surface area contributed by atoms with E-state index in [9.17, 15) is 13.2 Å². The molecule has 0 bridgehead atoms. The van der Waals surface area contributed by atoms with E-state index in [-0.39, 0.29) is 0 Å². The topological polar surface area (TPSA) is 12.5 Å². The molecular weight excluding hydrogens is 267 g/mol. The van der Waals surface area contributed by atoms with Gasteiger partial charge in [-0.3, -0.25) is 4.90 Å². The fourth-order valence-corrected chi connectivity index (χ4v) is 3.17. The summed E-state index contributed by atoms with van der Waals surface area (Å²) in [5.74, 6) is 0. The lowest BCUT2D eigenvalue weighted by atomic mass is 9.96. The Labute approximate surface area is 116 Å². The Morgan fingerprint density at radius 1 is 1.10 bits per heavy atom. The summed E-state index contributed by atoms with van der Waals surface area (Å²) in [6.07, 6.45) is -1.62. The van der Waals surface area contributed by atoms with Crippen molar-refractivity contribution in [2.75, 3.05) is 26.3 Å². The average Bonchev–Trinajstić information content (AvgIpc) is 2.87. The van der Waals surface area contributed by atoms with Gasteiger partial charge in [-0.05, 0) is 42.0 Å². The van der Waals surface area contributed by atoms with Crippen LogP contribution in [0.25, 0.3) is 0 Å². The summed E-state index contributed by atoms with van der Waals surface area (Å²) in [4.78, 5) is 2.06. The molecule has 0 saturated carbocycles. The normalized spacial score (nSPS) is 20.1. The summed E-state index contributed by atoms with van der Waals surface area (Å²) in [6.45, 7) is 3.02. The molecule has 1 saturated heterocycles. The summed E-state index contributed by atoms with van der Waals surface area (Å²) < 4.78 is 44.9. The van der Waals surface area contributed by atoms with Gasteiger partial charge in [0.25, 0.3) is 0 Å². The number of benzene rings is 1. The minimum atomic E-state index is -4.26. The second-order valence-corrected chi connectivity index (χ2v) is 5.47. The number of halogens is 3. The van der Waals surface area contributed by atoms with E-state index in [0.717, 1.165) is 30.4 Å². The van der Waals surface area contributed by atoms with Gasteiger partial charge in [-0.25, -0.2) is 0 Å². The summed E-state index contributed by atoms with van der Waals surface area (Å²) in [6, 6.07) is 2.92.